The van der Waals surface area contributed by atoms with E-state index in [2.05, 4.69) is 29.9 Å². The van der Waals surface area contributed by atoms with Crippen LogP contribution in [0.2, 0.25) is 0 Å². The highest BCUT2D eigenvalue weighted by molar-refractivity contribution is 5.60. The molecule has 1 fully saturated rings. The molecule has 3 heteroatoms. The summed E-state index contributed by atoms with van der Waals surface area (Å²) in [4.78, 5) is 6.56. The summed E-state index contributed by atoms with van der Waals surface area (Å²) in [6, 6.07) is 2.73. The smallest absolute Gasteiger partial charge is 0.237 e. The van der Waals surface area contributed by atoms with Crippen molar-refractivity contribution in [3.8, 4) is 5.88 Å². The third kappa shape index (κ3) is 0.930. The Morgan fingerprint density at radius 2 is 2.46 bits per heavy atom. The molecule has 0 aromatic carbocycles. The lowest BCUT2D eigenvalue weighted by Gasteiger charge is -2.26. The first-order chi connectivity index (χ1) is 6.25. The summed E-state index contributed by atoms with van der Waals surface area (Å²) in [6.07, 6.45) is 3.40. The van der Waals surface area contributed by atoms with Gasteiger partial charge in [-0.3, -0.25) is 0 Å². The number of fused-ring (bicyclic) bond motifs is 2. The molecule has 0 saturated heterocycles. The Labute approximate surface area is 77.3 Å². The molecule has 1 aromatic rings. The Bertz CT molecular complexity index is 364. The molecule has 2 atom stereocenters. The van der Waals surface area contributed by atoms with Crippen molar-refractivity contribution < 1.29 is 4.74 Å². The molecule has 3 rings (SSSR count). The number of nitrogens with zero attached hydrogens (tertiary/aromatic N) is 2. The fourth-order valence-corrected chi connectivity index (χ4v) is 1.90. The number of hydrogen-bond acceptors (Lipinski definition) is 3. The first-order valence-corrected chi connectivity index (χ1v) is 4.62. The maximum atomic E-state index is 5.68. The van der Waals surface area contributed by atoms with Crippen LogP contribution < -0.4 is 9.64 Å². The second-order valence-electron chi connectivity index (χ2n) is 3.91. The Morgan fingerprint density at radius 3 is 3.31 bits per heavy atom. The van der Waals surface area contributed by atoms with Crippen LogP contribution >= 0.6 is 0 Å². The van der Waals surface area contributed by atoms with Gasteiger partial charge in [-0.25, -0.2) is 4.98 Å². The van der Waals surface area contributed by atoms with Gasteiger partial charge in [-0.05, 0) is 18.6 Å². The number of rotatable bonds is 0. The summed E-state index contributed by atoms with van der Waals surface area (Å²) >= 11 is 0. The second-order valence-corrected chi connectivity index (χ2v) is 3.91. The van der Waals surface area contributed by atoms with Crippen LogP contribution in [0.25, 0.3) is 0 Å². The fraction of sp³-hybridized carbons (Fsp3) is 0.500. The van der Waals surface area contributed by atoms with Crippen molar-refractivity contribution >= 4 is 5.69 Å². The van der Waals surface area contributed by atoms with E-state index >= 15 is 0 Å². The van der Waals surface area contributed by atoms with Crippen LogP contribution in [-0.4, -0.2) is 24.2 Å². The number of ether oxygens (including phenoxy) is 1. The molecule has 0 N–H and O–H groups in total. The SMILES string of the molecule is Cc1cnc2c(c1)N(C)C1CC1O2. The van der Waals surface area contributed by atoms with Gasteiger partial charge in [0, 0.05) is 19.7 Å². The van der Waals surface area contributed by atoms with Crippen molar-refractivity contribution in [1.29, 1.82) is 0 Å². The summed E-state index contributed by atoms with van der Waals surface area (Å²) in [5, 5.41) is 0. The first-order valence-electron chi connectivity index (χ1n) is 4.62. The van der Waals surface area contributed by atoms with Crippen LogP contribution in [0.5, 0.6) is 5.88 Å². The third-order valence-corrected chi connectivity index (χ3v) is 2.81. The Kier molecular flexibility index (Phi) is 1.19. The van der Waals surface area contributed by atoms with E-state index in [0.717, 1.165) is 18.0 Å². The van der Waals surface area contributed by atoms with Crippen LogP contribution in [0.3, 0.4) is 0 Å². The Morgan fingerprint density at radius 1 is 1.62 bits per heavy atom. The third-order valence-electron chi connectivity index (χ3n) is 2.81. The summed E-state index contributed by atoms with van der Waals surface area (Å²) in [7, 11) is 2.12. The molecule has 0 bridgehead atoms. The highest BCUT2D eigenvalue weighted by Crippen LogP contribution is 2.43. The van der Waals surface area contributed by atoms with E-state index < -0.39 is 0 Å². The average Bonchev–Trinajstić information content (AvgIpc) is 2.86. The van der Waals surface area contributed by atoms with Crippen molar-refractivity contribution in [1.82, 2.24) is 4.98 Å². The monoisotopic (exact) mass is 176 g/mol. The highest BCUT2D eigenvalue weighted by atomic mass is 16.5. The summed E-state index contributed by atoms with van der Waals surface area (Å²) in [5.74, 6) is 0.798. The standard InChI is InChI=1S/C10H12N2O/c1-6-3-8-10(11-5-6)13-9-4-7(9)12(8)2/h3,5,7,9H,4H2,1-2H3. The minimum atomic E-state index is 0.396. The zero-order valence-corrected chi connectivity index (χ0v) is 7.82. The van der Waals surface area contributed by atoms with E-state index in [-0.39, 0.29) is 0 Å². The van der Waals surface area contributed by atoms with Gasteiger partial charge in [0.15, 0.2) is 0 Å². The number of anilines is 1. The highest BCUT2D eigenvalue weighted by Gasteiger charge is 2.47. The number of hydrogen-bond donors (Lipinski definition) is 0. The van der Waals surface area contributed by atoms with Crippen molar-refractivity contribution in [3.05, 3.63) is 17.8 Å². The molecule has 2 unspecified atom stereocenters. The molecule has 2 heterocycles. The van der Waals surface area contributed by atoms with E-state index in [0.29, 0.717) is 12.1 Å². The molecule has 68 valence electrons. The van der Waals surface area contributed by atoms with Gasteiger partial charge in [-0.15, -0.1) is 0 Å². The summed E-state index contributed by atoms with van der Waals surface area (Å²) in [6.45, 7) is 2.06. The average molecular weight is 176 g/mol. The summed E-state index contributed by atoms with van der Waals surface area (Å²) in [5.41, 5.74) is 2.33. The van der Waals surface area contributed by atoms with Crippen molar-refractivity contribution in [2.45, 2.75) is 25.5 Å². The van der Waals surface area contributed by atoms with Crippen LogP contribution in [0.4, 0.5) is 5.69 Å². The Hall–Kier alpha value is -1.25. The van der Waals surface area contributed by atoms with E-state index in [9.17, 15) is 0 Å². The molecule has 1 saturated carbocycles. The maximum absolute atomic E-state index is 5.68. The zero-order chi connectivity index (χ0) is 9.00. The largest absolute Gasteiger partial charge is 0.471 e. The van der Waals surface area contributed by atoms with Crippen LogP contribution in [-0.2, 0) is 0 Å². The molecule has 1 aromatic heterocycles. The van der Waals surface area contributed by atoms with E-state index in [4.69, 9.17) is 4.74 Å². The van der Waals surface area contributed by atoms with Crippen molar-refractivity contribution in [3.63, 3.8) is 0 Å². The predicted molar refractivity (Wildman–Crippen MR) is 50.2 cm³/mol. The quantitative estimate of drug-likeness (QED) is 0.596. The van der Waals surface area contributed by atoms with Gasteiger partial charge >= 0.3 is 0 Å². The first kappa shape index (κ1) is 7.18. The minimum Gasteiger partial charge on any atom is -0.471 e. The molecule has 1 aliphatic carbocycles. The van der Waals surface area contributed by atoms with Gasteiger partial charge in [0.25, 0.3) is 0 Å². The van der Waals surface area contributed by atoms with Gasteiger partial charge in [-0.2, -0.15) is 0 Å². The lowest BCUT2D eigenvalue weighted by molar-refractivity contribution is 0.273. The number of aryl methyl sites for hydroxylation is 1. The lowest BCUT2D eigenvalue weighted by atomic mass is 10.2. The molecular formula is C10H12N2O. The van der Waals surface area contributed by atoms with Gasteiger partial charge in [0.1, 0.15) is 11.8 Å². The Balaban J connectivity index is 2.11. The van der Waals surface area contributed by atoms with Gasteiger partial charge in [0.2, 0.25) is 5.88 Å². The molecular weight excluding hydrogens is 164 g/mol. The van der Waals surface area contributed by atoms with E-state index in [1.807, 2.05) is 6.20 Å². The van der Waals surface area contributed by atoms with Gasteiger partial charge < -0.3 is 9.64 Å². The lowest BCUT2D eigenvalue weighted by Crippen LogP contribution is -2.29. The zero-order valence-electron chi connectivity index (χ0n) is 7.82. The van der Waals surface area contributed by atoms with Crippen LogP contribution in [0, 0.1) is 6.92 Å². The number of likely N-dealkylation sites (N-methyl/N-ethyl adjacent to an activating group) is 1. The van der Waals surface area contributed by atoms with Crippen LogP contribution in [0.15, 0.2) is 12.3 Å². The van der Waals surface area contributed by atoms with Gasteiger partial charge in [0.05, 0.1) is 6.04 Å². The van der Waals surface area contributed by atoms with Crippen molar-refractivity contribution in [2.24, 2.45) is 0 Å². The predicted octanol–water partition coefficient (Wildman–Crippen LogP) is 1.36. The molecule has 2 aliphatic rings. The van der Waals surface area contributed by atoms with E-state index in [1.54, 1.807) is 0 Å². The molecule has 0 radical (unpaired) electrons. The number of pyridine rings is 1. The normalized spacial score (nSPS) is 28.9. The topological polar surface area (TPSA) is 25.4 Å². The van der Waals surface area contributed by atoms with Crippen molar-refractivity contribution in [2.75, 3.05) is 11.9 Å². The molecule has 1 aliphatic heterocycles. The second kappa shape index (κ2) is 2.16. The molecule has 0 spiro atoms. The molecule has 3 nitrogen and oxygen atoms in total. The summed E-state index contributed by atoms with van der Waals surface area (Å²) < 4.78 is 5.68. The van der Waals surface area contributed by atoms with Crippen LogP contribution in [0.1, 0.15) is 12.0 Å². The maximum Gasteiger partial charge on any atom is 0.237 e. The molecule has 13 heavy (non-hydrogen) atoms. The fourth-order valence-electron chi connectivity index (χ4n) is 1.90. The number of aromatic nitrogens is 1. The van der Waals surface area contributed by atoms with Gasteiger partial charge in [-0.1, -0.05) is 0 Å². The minimum absolute atomic E-state index is 0.396. The molecule has 0 amide bonds. The van der Waals surface area contributed by atoms with E-state index in [1.165, 1.54) is 5.56 Å².